The summed E-state index contributed by atoms with van der Waals surface area (Å²) in [6.07, 6.45) is 1.63. The summed E-state index contributed by atoms with van der Waals surface area (Å²) < 4.78 is 4.35. The summed E-state index contributed by atoms with van der Waals surface area (Å²) in [6, 6.07) is 22.4. The molecule has 8 heteroatoms. The van der Waals surface area contributed by atoms with Crippen molar-refractivity contribution in [3.8, 4) is 21.7 Å². The molecule has 0 radical (unpaired) electrons. The molecular formula is C27H22N6OS. The lowest BCUT2D eigenvalue weighted by molar-refractivity contribution is 0.799. The molecule has 0 atom stereocenters. The van der Waals surface area contributed by atoms with Gasteiger partial charge in [0.25, 0.3) is 5.56 Å². The lowest BCUT2D eigenvalue weighted by Gasteiger charge is -2.07. The molecule has 7 nitrogen and oxygen atoms in total. The topological polar surface area (TPSA) is 91.1 Å². The van der Waals surface area contributed by atoms with Crippen molar-refractivity contribution in [3.05, 3.63) is 100 Å². The van der Waals surface area contributed by atoms with Gasteiger partial charge in [-0.05, 0) is 31.0 Å². The Kier molecular flexibility index (Phi) is 4.96. The van der Waals surface area contributed by atoms with Gasteiger partial charge in [0, 0.05) is 34.8 Å². The van der Waals surface area contributed by atoms with E-state index in [2.05, 4.69) is 52.3 Å². The Morgan fingerprint density at radius 3 is 2.46 bits per heavy atom. The zero-order valence-corrected chi connectivity index (χ0v) is 20.1. The number of aromatic nitrogens is 5. The standard InChI is InChI=1S/C27H22N6OS/c1-16-3-5-18(6-4-16)14-32-15-29-27(34)26-22(32)13-23(35-26)20-9-7-19(8-10-20)21-12-25-30-17(2)11-24(28)33(25)31-21/h3-13,15H,14,28H2,1-2H3. The van der Waals surface area contributed by atoms with Crippen LogP contribution in [-0.2, 0) is 6.54 Å². The van der Waals surface area contributed by atoms with Crippen molar-refractivity contribution >= 4 is 33.0 Å². The summed E-state index contributed by atoms with van der Waals surface area (Å²) in [4.78, 5) is 22.1. The number of benzene rings is 2. The number of nitrogens with two attached hydrogens (primary N) is 1. The highest BCUT2D eigenvalue weighted by Crippen LogP contribution is 2.33. The summed E-state index contributed by atoms with van der Waals surface area (Å²) in [7, 11) is 0. The van der Waals surface area contributed by atoms with Crippen LogP contribution in [0.1, 0.15) is 16.8 Å². The molecule has 35 heavy (non-hydrogen) atoms. The Morgan fingerprint density at radius 2 is 1.69 bits per heavy atom. The molecule has 4 heterocycles. The first-order valence-corrected chi connectivity index (χ1v) is 12.0. The molecule has 2 N–H and O–H groups in total. The van der Waals surface area contributed by atoms with Crippen LogP contribution >= 0.6 is 11.3 Å². The second-order valence-corrected chi connectivity index (χ2v) is 9.74. The zero-order valence-electron chi connectivity index (χ0n) is 19.3. The predicted molar refractivity (Wildman–Crippen MR) is 141 cm³/mol. The van der Waals surface area contributed by atoms with Crippen LogP contribution in [0, 0.1) is 13.8 Å². The SMILES string of the molecule is Cc1ccc(Cn2cnc(=O)c3sc(-c4ccc(-c5cc6nc(C)cc(N)n6n5)cc4)cc32)cc1. The van der Waals surface area contributed by atoms with Crippen LogP contribution in [-0.4, -0.2) is 24.1 Å². The summed E-state index contributed by atoms with van der Waals surface area (Å²) in [5.74, 6) is 0.557. The van der Waals surface area contributed by atoms with Gasteiger partial charge in [0.1, 0.15) is 10.5 Å². The number of hydrogen-bond acceptors (Lipinski definition) is 6. The first-order valence-electron chi connectivity index (χ1n) is 11.2. The highest BCUT2D eigenvalue weighted by atomic mass is 32.1. The molecule has 6 rings (SSSR count). The summed E-state index contributed by atoms with van der Waals surface area (Å²) in [5.41, 5.74) is 13.6. The molecule has 4 aromatic heterocycles. The van der Waals surface area contributed by atoms with Crippen molar-refractivity contribution in [2.45, 2.75) is 20.4 Å². The van der Waals surface area contributed by atoms with Crippen LogP contribution in [0.3, 0.4) is 0 Å². The van der Waals surface area contributed by atoms with Gasteiger partial charge in [-0.25, -0.2) is 4.98 Å². The van der Waals surface area contributed by atoms with Crippen molar-refractivity contribution in [3.63, 3.8) is 0 Å². The molecule has 0 saturated heterocycles. The molecule has 0 saturated carbocycles. The number of aryl methyl sites for hydroxylation is 2. The quantitative estimate of drug-likeness (QED) is 0.381. The second kappa shape index (κ2) is 8.18. The average molecular weight is 479 g/mol. The normalized spacial score (nSPS) is 11.5. The zero-order chi connectivity index (χ0) is 24.1. The molecule has 0 fully saturated rings. The van der Waals surface area contributed by atoms with E-state index in [-0.39, 0.29) is 5.56 Å². The first-order chi connectivity index (χ1) is 16.9. The van der Waals surface area contributed by atoms with Crippen LogP contribution < -0.4 is 11.3 Å². The molecule has 172 valence electrons. The van der Waals surface area contributed by atoms with Crippen LogP contribution in [0.5, 0.6) is 0 Å². The van der Waals surface area contributed by atoms with Gasteiger partial charge >= 0.3 is 0 Å². The minimum atomic E-state index is -0.196. The van der Waals surface area contributed by atoms with E-state index in [4.69, 9.17) is 5.73 Å². The van der Waals surface area contributed by atoms with Gasteiger partial charge in [0.2, 0.25) is 0 Å². The molecule has 0 aliphatic carbocycles. The Hall–Kier alpha value is -4.30. The monoisotopic (exact) mass is 478 g/mol. The van der Waals surface area contributed by atoms with E-state index in [0.29, 0.717) is 17.1 Å². The van der Waals surface area contributed by atoms with Crippen molar-refractivity contribution < 1.29 is 0 Å². The molecule has 2 aromatic carbocycles. The van der Waals surface area contributed by atoms with E-state index in [0.717, 1.165) is 44.1 Å². The van der Waals surface area contributed by atoms with Crippen molar-refractivity contribution in [2.75, 3.05) is 5.73 Å². The first kappa shape index (κ1) is 21.2. The summed E-state index contributed by atoms with van der Waals surface area (Å²) >= 11 is 1.47. The lowest BCUT2D eigenvalue weighted by atomic mass is 10.1. The number of nitrogen functional groups attached to an aromatic ring is 1. The van der Waals surface area contributed by atoms with Gasteiger partial charge < -0.3 is 10.3 Å². The number of rotatable bonds is 4. The van der Waals surface area contributed by atoms with E-state index in [1.807, 2.05) is 41.8 Å². The number of fused-ring (bicyclic) bond motifs is 2. The smallest absolute Gasteiger partial charge is 0.290 e. The maximum Gasteiger partial charge on any atom is 0.290 e. The van der Waals surface area contributed by atoms with E-state index >= 15 is 0 Å². The molecule has 0 amide bonds. The predicted octanol–water partition coefficient (Wildman–Crippen LogP) is 5.08. The van der Waals surface area contributed by atoms with Crippen LogP contribution in [0.25, 0.3) is 37.6 Å². The third-order valence-corrected chi connectivity index (χ3v) is 7.21. The van der Waals surface area contributed by atoms with Crippen molar-refractivity contribution in [1.82, 2.24) is 24.1 Å². The minimum Gasteiger partial charge on any atom is -0.384 e. The van der Waals surface area contributed by atoms with Crippen LogP contribution in [0.2, 0.25) is 0 Å². The van der Waals surface area contributed by atoms with Gasteiger partial charge in [-0.15, -0.1) is 11.3 Å². The maximum absolute atomic E-state index is 12.5. The fourth-order valence-corrected chi connectivity index (χ4v) is 5.29. The average Bonchev–Trinajstić information content (AvgIpc) is 3.48. The fourth-order valence-electron chi connectivity index (χ4n) is 4.22. The fraction of sp³-hybridized carbons (Fsp3) is 0.111. The molecule has 0 aliphatic rings. The highest BCUT2D eigenvalue weighted by Gasteiger charge is 2.13. The number of hydrogen-bond donors (Lipinski definition) is 1. The van der Waals surface area contributed by atoms with Gasteiger partial charge in [0.15, 0.2) is 5.65 Å². The van der Waals surface area contributed by atoms with Gasteiger partial charge in [-0.2, -0.15) is 14.6 Å². The Morgan fingerprint density at radius 1 is 0.943 bits per heavy atom. The van der Waals surface area contributed by atoms with E-state index < -0.39 is 0 Å². The van der Waals surface area contributed by atoms with Gasteiger partial charge in [-0.3, -0.25) is 4.79 Å². The minimum absolute atomic E-state index is 0.196. The van der Waals surface area contributed by atoms with E-state index in [1.54, 1.807) is 16.9 Å². The molecule has 0 bridgehead atoms. The lowest BCUT2D eigenvalue weighted by Crippen LogP contribution is -2.11. The van der Waals surface area contributed by atoms with Gasteiger partial charge in [0.05, 0.1) is 17.5 Å². The Bertz CT molecular complexity index is 1760. The highest BCUT2D eigenvalue weighted by molar-refractivity contribution is 7.22. The maximum atomic E-state index is 12.5. The van der Waals surface area contributed by atoms with E-state index in [1.165, 1.54) is 16.9 Å². The summed E-state index contributed by atoms with van der Waals surface area (Å²) in [5, 5.41) is 4.61. The Labute approximate surface area is 205 Å². The van der Waals surface area contributed by atoms with Gasteiger partial charge in [-0.1, -0.05) is 54.1 Å². The van der Waals surface area contributed by atoms with Crippen molar-refractivity contribution in [1.29, 1.82) is 0 Å². The third kappa shape index (κ3) is 3.87. The molecule has 6 aromatic rings. The van der Waals surface area contributed by atoms with Crippen LogP contribution in [0.15, 0.2) is 77.9 Å². The van der Waals surface area contributed by atoms with Crippen molar-refractivity contribution in [2.24, 2.45) is 0 Å². The molecule has 0 unspecified atom stereocenters. The number of nitrogens with zero attached hydrogens (tertiary/aromatic N) is 5. The molecular weight excluding hydrogens is 456 g/mol. The summed E-state index contributed by atoms with van der Waals surface area (Å²) in [6.45, 7) is 4.64. The number of thiophene rings is 1. The third-order valence-electron chi connectivity index (χ3n) is 6.05. The largest absolute Gasteiger partial charge is 0.384 e. The number of anilines is 1. The van der Waals surface area contributed by atoms with Crippen LogP contribution in [0.4, 0.5) is 5.82 Å². The van der Waals surface area contributed by atoms with E-state index in [9.17, 15) is 4.79 Å². The molecule has 0 aliphatic heterocycles. The Balaban J connectivity index is 1.35. The molecule has 0 spiro atoms. The second-order valence-electron chi connectivity index (χ2n) is 8.69.